The fourth-order valence-electron chi connectivity index (χ4n) is 2.35. The summed E-state index contributed by atoms with van der Waals surface area (Å²) >= 11 is 0. The smallest absolute Gasteiger partial charge is 0.0700 e. The first-order chi connectivity index (χ1) is 7.40. The molecule has 0 saturated carbocycles. The Morgan fingerprint density at radius 3 is 2.93 bits per heavy atom. The summed E-state index contributed by atoms with van der Waals surface area (Å²) in [6.07, 6.45) is 2.88. The van der Waals surface area contributed by atoms with Gasteiger partial charge in [-0.3, -0.25) is 0 Å². The molecule has 0 radical (unpaired) electrons. The van der Waals surface area contributed by atoms with Crippen LogP contribution in [0.25, 0.3) is 0 Å². The van der Waals surface area contributed by atoms with E-state index in [1.54, 1.807) is 0 Å². The molecule has 0 bridgehead atoms. The second-order valence-corrected chi connectivity index (χ2v) is 4.49. The third-order valence-corrected chi connectivity index (χ3v) is 3.37. The number of ether oxygens (including phenoxy) is 2. The van der Waals surface area contributed by atoms with Crippen molar-refractivity contribution in [3.8, 4) is 0 Å². The lowest BCUT2D eigenvalue weighted by atomic mass is 10.0. The van der Waals surface area contributed by atoms with E-state index in [0.29, 0.717) is 18.1 Å². The molecule has 2 aliphatic rings. The van der Waals surface area contributed by atoms with Crippen LogP contribution in [0.15, 0.2) is 0 Å². The maximum Gasteiger partial charge on any atom is 0.0700 e. The molecule has 88 valence electrons. The van der Waals surface area contributed by atoms with Crippen molar-refractivity contribution in [1.29, 1.82) is 0 Å². The summed E-state index contributed by atoms with van der Waals surface area (Å²) in [4.78, 5) is 0. The minimum atomic E-state index is 0.445. The second-order valence-electron chi connectivity index (χ2n) is 4.49. The highest BCUT2D eigenvalue weighted by Gasteiger charge is 2.26. The van der Waals surface area contributed by atoms with Gasteiger partial charge in [0, 0.05) is 31.7 Å². The van der Waals surface area contributed by atoms with Gasteiger partial charge in [-0.15, -0.1) is 0 Å². The van der Waals surface area contributed by atoms with Crippen LogP contribution in [-0.2, 0) is 9.47 Å². The Hall–Kier alpha value is -0.160. The molecule has 0 aromatic heterocycles. The third kappa shape index (κ3) is 3.14. The summed E-state index contributed by atoms with van der Waals surface area (Å²) in [5.74, 6) is 0.608. The predicted molar refractivity (Wildman–Crippen MR) is 59.0 cm³/mol. The highest BCUT2D eigenvalue weighted by Crippen LogP contribution is 2.13. The van der Waals surface area contributed by atoms with Crippen LogP contribution >= 0.6 is 0 Å². The van der Waals surface area contributed by atoms with E-state index in [4.69, 9.17) is 9.47 Å². The molecule has 15 heavy (non-hydrogen) atoms. The molecule has 0 spiro atoms. The van der Waals surface area contributed by atoms with E-state index in [9.17, 15) is 0 Å². The first kappa shape index (κ1) is 11.3. The van der Waals surface area contributed by atoms with Gasteiger partial charge >= 0.3 is 0 Å². The van der Waals surface area contributed by atoms with Crippen molar-refractivity contribution in [1.82, 2.24) is 10.6 Å². The van der Waals surface area contributed by atoms with Crippen molar-refractivity contribution in [2.75, 3.05) is 40.0 Å². The first-order valence-corrected chi connectivity index (χ1v) is 5.97. The summed E-state index contributed by atoms with van der Waals surface area (Å²) < 4.78 is 11.0. The van der Waals surface area contributed by atoms with Crippen molar-refractivity contribution < 1.29 is 9.47 Å². The van der Waals surface area contributed by atoms with Crippen LogP contribution in [0.1, 0.15) is 12.8 Å². The van der Waals surface area contributed by atoms with Crippen LogP contribution in [0, 0.1) is 5.92 Å². The third-order valence-electron chi connectivity index (χ3n) is 3.37. The molecule has 2 N–H and O–H groups in total. The van der Waals surface area contributed by atoms with Crippen LogP contribution in [0.3, 0.4) is 0 Å². The zero-order valence-electron chi connectivity index (χ0n) is 9.50. The minimum Gasteiger partial charge on any atom is -0.379 e. The zero-order valence-corrected chi connectivity index (χ0v) is 9.50. The lowest BCUT2D eigenvalue weighted by molar-refractivity contribution is 0.108. The van der Waals surface area contributed by atoms with E-state index in [0.717, 1.165) is 32.9 Å². The van der Waals surface area contributed by atoms with Gasteiger partial charge in [0.25, 0.3) is 0 Å². The highest BCUT2D eigenvalue weighted by atomic mass is 16.5. The van der Waals surface area contributed by atoms with Gasteiger partial charge in [0.2, 0.25) is 0 Å². The minimum absolute atomic E-state index is 0.445. The number of rotatable bonds is 5. The van der Waals surface area contributed by atoms with Crippen LogP contribution in [0.5, 0.6) is 0 Å². The molecule has 2 rings (SSSR count). The zero-order chi connectivity index (χ0) is 10.5. The Labute approximate surface area is 91.7 Å². The van der Waals surface area contributed by atoms with Gasteiger partial charge in [-0.05, 0) is 19.9 Å². The normalized spacial score (nSPS) is 36.2. The van der Waals surface area contributed by atoms with E-state index < -0.39 is 0 Å². The van der Waals surface area contributed by atoms with E-state index >= 15 is 0 Å². The van der Waals surface area contributed by atoms with Gasteiger partial charge in [0.05, 0.1) is 19.3 Å². The Kier molecular flexibility index (Phi) is 4.38. The molecule has 2 heterocycles. The number of hydrogen-bond acceptors (Lipinski definition) is 4. The molecule has 3 unspecified atom stereocenters. The highest BCUT2D eigenvalue weighted by molar-refractivity contribution is 4.82. The molecular formula is C11H22N2O2. The summed E-state index contributed by atoms with van der Waals surface area (Å²) in [6, 6.07) is 0.516. The monoisotopic (exact) mass is 214 g/mol. The predicted octanol–water partition coefficient (Wildman–Crippen LogP) is -0.0106. The van der Waals surface area contributed by atoms with E-state index in [1.165, 1.54) is 12.8 Å². The van der Waals surface area contributed by atoms with E-state index in [-0.39, 0.29) is 0 Å². The van der Waals surface area contributed by atoms with Crippen molar-refractivity contribution in [2.45, 2.75) is 25.0 Å². The second kappa shape index (κ2) is 5.80. The van der Waals surface area contributed by atoms with Crippen LogP contribution in [0.2, 0.25) is 0 Å². The quantitative estimate of drug-likeness (QED) is 0.675. The summed E-state index contributed by atoms with van der Waals surface area (Å²) in [5.41, 5.74) is 0. The Morgan fingerprint density at radius 1 is 1.27 bits per heavy atom. The molecule has 0 aromatic carbocycles. The molecule has 0 aromatic rings. The lowest BCUT2D eigenvalue weighted by Gasteiger charge is -2.18. The van der Waals surface area contributed by atoms with Gasteiger partial charge in [-0.25, -0.2) is 0 Å². The Morgan fingerprint density at radius 2 is 2.20 bits per heavy atom. The summed E-state index contributed by atoms with van der Waals surface area (Å²) in [6.45, 7) is 4.70. The van der Waals surface area contributed by atoms with Crippen molar-refractivity contribution in [3.63, 3.8) is 0 Å². The van der Waals surface area contributed by atoms with E-state index in [2.05, 4.69) is 10.6 Å². The molecule has 3 atom stereocenters. The number of nitrogens with one attached hydrogen (secondary N) is 2. The van der Waals surface area contributed by atoms with Gasteiger partial charge in [0.1, 0.15) is 0 Å². The topological polar surface area (TPSA) is 42.5 Å². The van der Waals surface area contributed by atoms with Crippen molar-refractivity contribution in [3.05, 3.63) is 0 Å². The Balaban J connectivity index is 1.60. The molecule has 2 aliphatic heterocycles. The van der Waals surface area contributed by atoms with Gasteiger partial charge in [-0.1, -0.05) is 0 Å². The molecular weight excluding hydrogens is 192 g/mol. The van der Waals surface area contributed by atoms with Crippen molar-refractivity contribution in [2.24, 2.45) is 5.92 Å². The standard InChI is InChI=1S/C11H22N2O2/c1-12-11-8-14-7-9(11)5-13-6-10-3-2-4-15-10/h9-13H,2-8H2,1H3. The fraction of sp³-hybridized carbons (Fsp3) is 1.00. The maximum atomic E-state index is 5.56. The van der Waals surface area contributed by atoms with Crippen LogP contribution < -0.4 is 10.6 Å². The van der Waals surface area contributed by atoms with Gasteiger partial charge in [0.15, 0.2) is 0 Å². The van der Waals surface area contributed by atoms with E-state index in [1.807, 2.05) is 7.05 Å². The first-order valence-electron chi connectivity index (χ1n) is 5.97. The summed E-state index contributed by atoms with van der Waals surface area (Å²) in [5, 5.41) is 6.78. The molecule has 4 heteroatoms. The fourth-order valence-corrected chi connectivity index (χ4v) is 2.35. The largest absolute Gasteiger partial charge is 0.379 e. The maximum absolute atomic E-state index is 5.56. The molecule has 0 aliphatic carbocycles. The number of hydrogen-bond donors (Lipinski definition) is 2. The van der Waals surface area contributed by atoms with Gasteiger partial charge < -0.3 is 20.1 Å². The molecule has 4 nitrogen and oxygen atoms in total. The average molecular weight is 214 g/mol. The molecule has 2 fully saturated rings. The number of likely N-dealkylation sites (N-methyl/N-ethyl adjacent to an activating group) is 1. The van der Waals surface area contributed by atoms with Gasteiger partial charge in [-0.2, -0.15) is 0 Å². The Bertz CT molecular complexity index is 183. The molecule has 2 saturated heterocycles. The SMILES string of the molecule is CNC1COCC1CNCC1CCCO1. The lowest BCUT2D eigenvalue weighted by Crippen LogP contribution is -2.40. The van der Waals surface area contributed by atoms with Crippen LogP contribution in [0.4, 0.5) is 0 Å². The average Bonchev–Trinajstić information content (AvgIpc) is 2.88. The van der Waals surface area contributed by atoms with Crippen molar-refractivity contribution >= 4 is 0 Å². The van der Waals surface area contributed by atoms with Crippen LogP contribution in [-0.4, -0.2) is 52.1 Å². The summed E-state index contributed by atoms with van der Waals surface area (Å²) in [7, 11) is 2.01. The molecule has 0 amide bonds.